The van der Waals surface area contributed by atoms with Crippen LogP contribution in [0.4, 0.5) is 5.69 Å². The average molecular weight is 263 g/mol. The van der Waals surface area contributed by atoms with E-state index in [-0.39, 0.29) is 5.91 Å². The zero-order valence-corrected chi connectivity index (χ0v) is 11.6. The van der Waals surface area contributed by atoms with E-state index < -0.39 is 0 Å². The Morgan fingerprint density at radius 1 is 1.63 bits per heavy atom. The number of anilines is 1. The summed E-state index contributed by atoms with van der Waals surface area (Å²) < 4.78 is 5.18. The molecule has 0 bridgehead atoms. The highest BCUT2D eigenvalue weighted by atomic mass is 16.5. The van der Waals surface area contributed by atoms with Gasteiger partial charge in [-0.25, -0.2) is 0 Å². The number of hydrogen-bond acceptors (Lipinski definition) is 4. The third-order valence-electron chi connectivity index (χ3n) is 3.51. The standard InChI is InChI=1S/C14H21N3O2/c1-10-6-13(15)12(7-16-10)14(18)17-5-3-4-11(8-17)9-19-2/h6-7,11H,3-5,8-9H2,1-2H3,(H2,15,16). The van der Waals surface area contributed by atoms with E-state index in [2.05, 4.69) is 4.98 Å². The largest absolute Gasteiger partial charge is 0.398 e. The van der Waals surface area contributed by atoms with E-state index in [9.17, 15) is 4.79 Å². The van der Waals surface area contributed by atoms with Gasteiger partial charge < -0.3 is 15.4 Å². The first-order valence-corrected chi connectivity index (χ1v) is 6.62. The Hall–Kier alpha value is -1.62. The molecule has 5 heteroatoms. The minimum Gasteiger partial charge on any atom is -0.398 e. The normalized spacial score (nSPS) is 19.5. The lowest BCUT2D eigenvalue weighted by molar-refractivity contribution is 0.0571. The van der Waals surface area contributed by atoms with Crippen molar-refractivity contribution in [3.8, 4) is 0 Å². The number of nitrogens with two attached hydrogens (primary N) is 1. The fourth-order valence-corrected chi connectivity index (χ4v) is 2.55. The van der Waals surface area contributed by atoms with Crippen LogP contribution in [0.15, 0.2) is 12.3 Å². The molecule has 2 N–H and O–H groups in total. The molecule has 1 unspecified atom stereocenters. The molecule has 0 radical (unpaired) electrons. The van der Waals surface area contributed by atoms with Crippen LogP contribution in [0.5, 0.6) is 0 Å². The fourth-order valence-electron chi connectivity index (χ4n) is 2.55. The highest BCUT2D eigenvalue weighted by molar-refractivity contribution is 5.98. The average Bonchev–Trinajstić information content (AvgIpc) is 2.39. The number of nitrogens with zero attached hydrogens (tertiary/aromatic N) is 2. The van der Waals surface area contributed by atoms with Crippen molar-refractivity contribution in [2.24, 2.45) is 5.92 Å². The number of amides is 1. The minimum atomic E-state index is -0.0224. The summed E-state index contributed by atoms with van der Waals surface area (Å²) in [7, 11) is 1.70. The Kier molecular flexibility index (Phi) is 4.37. The van der Waals surface area contributed by atoms with Gasteiger partial charge in [0.1, 0.15) is 0 Å². The molecule has 0 aromatic carbocycles. The minimum absolute atomic E-state index is 0.0224. The Labute approximate surface area is 113 Å². The zero-order valence-electron chi connectivity index (χ0n) is 11.6. The highest BCUT2D eigenvalue weighted by Crippen LogP contribution is 2.21. The fraction of sp³-hybridized carbons (Fsp3) is 0.571. The second kappa shape index (κ2) is 6.02. The predicted molar refractivity (Wildman–Crippen MR) is 73.9 cm³/mol. The van der Waals surface area contributed by atoms with Gasteiger partial charge in [-0.1, -0.05) is 0 Å². The van der Waals surface area contributed by atoms with Gasteiger partial charge in [0.2, 0.25) is 0 Å². The van der Waals surface area contributed by atoms with Gasteiger partial charge in [0.15, 0.2) is 0 Å². The zero-order chi connectivity index (χ0) is 13.8. The number of aryl methyl sites for hydroxylation is 1. The lowest BCUT2D eigenvalue weighted by atomic mass is 9.98. The van der Waals surface area contributed by atoms with Crippen molar-refractivity contribution in [1.29, 1.82) is 0 Å². The van der Waals surface area contributed by atoms with Gasteiger partial charge in [0.05, 0.1) is 12.2 Å². The lowest BCUT2D eigenvalue weighted by Crippen LogP contribution is -2.41. The summed E-state index contributed by atoms with van der Waals surface area (Å²) >= 11 is 0. The molecule has 0 saturated carbocycles. The maximum Gasteiger partial charge on any atom is 0.257 e. The summed E-state index contributed by atoms with van der Waals surface area (Å²) in [4.78, 5) is 18.5. The van der Waals surface area contributed by atoms with Crippen molar-refractivity contribution in [1.82, 2.24) is 9.88 Å². The van der Waals surface area contributed by atoms with Gasteiger partial charge in [0.25, 0.3) is 5.91 Å². The quantitative estimate of drug-likeness (QED) is 0.896. The molecule has 1 aliphatic rings. The predicted octanol–water partition coefficient (Wildman–Crippen LogP) is 1.47. The van der Waals surface area contributed by atoms with Gasteiger partial charge in [-0.05, 0) is 31.7 Å². The number of ether oxygens (including phenoxy) is 1. The maximum atomic E-state index is 12.4. The van der Waals surface area contributed by atoms with Gasteiger partial charge >= 0.3 is 0 Å². The third-order valence-corrected chi connectivity index (χ3v) is 3.51. The molecular formula is C14H21N3O2. The van der Waals surface area contributed by atoms with E-state index in [4.69, 9.17) is 10.5 Å². The van der Waals surface area contributed by atoms with Crippen molar-refractivity contribution in [3.63, 3.8) is 0 Å². The van der Waals surface area contributed by atoms with Crippen LogP contribution < -0.4 is 5.73 Å². The molecule has 104 valence electrons. The van der Waals surface area contributed by atoms with E-state index >= 15 is 0 Å². The van der Waals surface area contributed by atoms with Gasteiger partial charge in [-0.3, -0.25) is 9.78 Å². The van der Waals surface area contributed by atoms with Crippen molar-refractivity contribution in [3.05, 3.63) is 23.5 Å². The first kappa shape index (κ1) is 13.8. The first-order valence-electron chi connectivity index (χ1n) is 6.62. The summed E-state index contributed by atoms with van der Waals surface area (Å²) in [6.07, 6.45) is 3.70. The first-order chi connectivity index (χ1) is 9.11. The summed E-state index contributed by atoms with van der Waals surface area (Å²) in [6, 6.07) is 1.74. The van der Waals surface area contributed by atoms with Crippen LogP contribution in [0.1, 0.15) is 28.9 Å². The van der Waals surface area contributed by atoms with Gasteiger partial charge in [-0.15, -0.1) is 0 Å². The molecule has 1 atom stereocenters. The van der Waals surface area contributed by atoms with Crippen LogP contribution in [-0.4, -0.2) is 42.6 Å². The number of carbonyl (C=O) groups is 1. The number of aromatic nitrogens is 1. The van der Waals surface area contributed by atoms with Crippen LogP contribution >= 0.6 is 0 Å². The number of rotatable bonds is 3. The Balaban J connectivity index is 2.10. The smallest absolute Gasteiger partial charge is 0.257 e. The Morgan fingerprint density at radius 2 is 2.42 bits per heavy atom. The van der Waals surface area contributed by atoms with Crippen LogP contribution in [0.2, 0.25) is 0 Å². The SMILES string of the molecule is COCC1CCCN(C(=O)c2cnc(C)cc2N)C1. The summed E-state index contributed by atoms with van der Waals surface area (Å²) in [5, 5.41) is 0. The Bertz CT molecular complexity index is 460. The van der Waals surface area contributed by atoms with Crippen molar-refractivity contribution >= 4 is 11.6 Å². The monoisotopic (exact) mass is 263 g/mol. The third kappa shape index (κ3) is 3.23. The van der Waals surface area contributed by atoms with Crippen molar-refractivity contribution in [2.45, 2.75) is 19.8 Å². The highest BCUT2D eigenvalue weighted by Gasteiger charge is 2.25. The molecule has 2 rings (SSSR count). The lowest BCUT2D eigenvalue weighted by Gasteiger charge is -2.32. The number of hydrogen-bond donors (Lipinski definition) is 1. The number of piperidine rings is 1. The second-order valence-corrected chi connectivity index (χ2v) is 5.13. The van der Waals surface area contributed by atoms with Crippen LogP contribution in [0.25, 0.3) is 0 Å². The molecule has 1 fully saturated rings. The van der Waals surface area contributed by atoms with E-state index in [1.54, 1.807) is 19.4 Å². The molecule has 19 heavy (non-hydrogen) atoms. The molecule has 1 saturated heterocycles. The topological polar surface area (TPSA) is 68.5 Å². The maximum absolute atomic E-state index is 12.4. The van der Waals surface area contributed by atoms with Gasteiger partial charge in [0, 0.05) is 37.8 Å². The van der Waals surface area contributed by atoms with E-state index in [1.165, 1.54) is 0 Å². The molecule has 2 heterocycles. The van der Waals surface area contributed by atoms with Crippen LogP contribution in [-0.2, 0) is 4.74 Å². The summed E-state index contributed by atoms with van der Waals surface area (Å²) in [6.45, 7) is 4.08. The van der Waals surface area contributed by atoms with E-state index in [0.717, 1.165) is 31.6 Å². The summed E-state index contributed by atoms with van der Waals surface area (Å²) in [5.74, 6) is 0.396. The number of carbonyl (C=O) groups excluding carboxylic acids is 1. The van der Waals surface area contributed by atoms with Crippen molar-refractivity contribution < 1.29 is 9.53 Å². The molecular weight excluding hydrogens is 242 g/mol. The Morgan fingerprint density at radius 3 is 3.11 bits per heavy atom. The number of pyridine rings is 1. The molecule has 1 aromatic rings. The van der Waals surface area contributed by atoms with E-state index in [0.29, 0.717) is 23.8 Å². The number of nitrogen functional groups attached to an aromatic ring is 1. The van der Waals surface area contributed by atoms with Crippen LogP contribution in [0, 0.1) is 12.8 Å². The molecule has 1 amide bonds. The number of methoxy groups -OCH3 is 1. The molecule has 5 nitrogen and oxygen atoms in total. The number of likely N-dealkylation sites (tertiary alicyclic amines) is 1. The molecule has 1 aliphatic heterocycles. The van der Waals surface area contributed by atoms with Gasteiger partial charge in [-0.2, -0.15) is 0 Å². The summed E-state index contributed by atoms with van der Waals surface area (Å²) in [5.41, 5.74) is 7.74. The molecule has 1 aromatic heterocycles. The molecule has 0 aliphatic carbocycles. The second-order valence-electron chi connectivity index (χ2n) is 5.13. The van der Waals surface area contributed by atoms with Crippen LogP contribution in [0.3, 0.4) is 0 Å². The van der Waals surface area contributed by atoms with E-state index in [1.807, 2.05) is 11.8 Å². The molecule has 0 spiro atoms. The van der Waals surface area contributed by atoms with Crippen molar-refractivity contribution in [2.75, 3.05) is 32.5 Å².